The maximum absolute atomic E-state index is 14.6. The standard InChI is InChI=1S/C32H35N5O7S/c33-36-34-23-25-7-4-5-10-28(25)29-32(31(39)37-16-20-42-21-17-37,15-22-45(40,41)27-8-2-1-3-9-27)35-30(44-29)24-11-13-26(14-12-24)43-19-6-18-38/h1-5,7-14,29,38H,6,15-23H2/t29-,32-/m0/s1. The fourth-order valence-electron chi connectivity index (χ4n) is 5.45. The van der Waals surface area contributed by atoms with Crippen molar-refractivity contribution in [3.8, 4) is 5.75 Å². The number of ether oxygens (including phenoxy) is 3. The highest BCUT2D eigenvalue weighted by Crippen LogP contribution is 2.45. The molecule has 12 nitrogen and oxygen atoms in total. The van der Waals surface area contributed by atoms with E-state index in [0.717, 1.165) is 0 Å². The third-order valence-corrected chi connectivity index (χ3v) is 9.53. The Morgan fingerprint density at radius 2 is 1.78 bits per heavy atom. The van der Waals surface area contributed by atoms with Crippen LogP contribution in [0.4, 0.5) is 0 Å². The molecule has 236 valence electrons. The predicted molar refractivity (Wildman–Crippen MR) is 167 cm³/mol. The summed E-state index contributed by atoms with van der Waals surface area (Å²) in [5.74, 6) is 0.0439. The summed E-state index contributed by atoms with van der Waals surface area (Å²) < 4.78 is 44.8. The van der Waals surface area contributed by atoms with Crippen LogP contribution < -0.4 is 4.74 Å². The van der Waals surface area contributed by atoms with Gasteiger partial charge in [-0.3, -0.25) is 4.79 Å². The van der Waals surface area contributed by atoms with Gasteiger partial charge < -0.3 is 24.2 Å². The van der Waals surface area contributed by atoms with Crippen molar-refractivity contribution in [2.75, 3.05) is 45.3 Å². The van der Waals surface area contributed by atoms with E-state index in [2.05, 4.69) is 10.0 Å². The molecule has 2 heterocycles. The lowest BCUT2D eigenvalue weighted by molar-refractivity contribution is -0.144. The molecule has 2 aliphatic heterocycles. The number of benzene rings is 3. The van der Waals surface area contributed by atoms with Crippen molar-refractivity contribution >= 4 is 21.6 Å². The topological polar surface area (TPSA) is 163 Å². The van der Waals surface area contributed by atoms with E-state index >= 15 is 0 Å². The molecular weight excluding hydrogens is 598 g/mol. The maximum Gasteiger partial charge on any atom is 0.255 e. The van der Waals surface area contributed by atoms with Crippen LogP contribution in [0.1, 0.15) is 35.6 Å². The number of morpholine rings is 1. The first kappa shape index (κ1) is 32.0. The zero-order valence-electron chi connectivity index (χ0n) is 24.7. The minimum atomic E-state index is -3.80. The van der Waals surface area contributed by atoms with Crippen LogP contribution in [0.2, 0.25) is 0 Å². The number of sulfone groups is 1. The monoisotopic (exact) mass is 633 g/mol. The molecule has 45 heavy (non-hydrogen) atoms. The van der Waals surface area contributed by atoms with Crippen molar-refractivity contribution in [1.82, 2.24) is 4.90 Å². The lowest BCUT2D eigenvalue weighted by Gasteiger charge is -2.37. The van der Waals surface area contributed by atoms with Crippen molar-refractivity contribution < 1.29 is 32.5 Å². The van der Waals surface area contributed by atoms with Crippen LogP contribution in [0.3, 0.4) is 0 Å². The Labute approximate surface area is 261 Å². The van der Waals surface area contributed by atoms with Gasteiger partial charge in [0.15, 0.2) is 21.5 Å². The van der Waals surface area contributed by atoms with Crippen LogP contribution in [0.5, 0.6) is 5.75 Å². The molecule has 3 aromatic carbocycles. The van der Waals surface area contributed by atoms with E-state index in [-0.39, 0.29) is 42.0 Å². The molecule has 0 unspecified atom stereocenters. The van der Waals surface area contributed by atoms with E-state index in [1.54, 1.807) is 71.6 Å². The third kappa shape index (κ3) is 7.29. The quantitative estimate of drug-likeness (QED) is 0.127. The van der Waals surface area contributed by atoms with E-state index < -0.39 is 21.5 Å². The molecule has 0 aliphatic carbocycles. The van der Waals surface area contributed by atoms with Gasteiger partial charge in [-0.05, 0) is 53.1 Å². The second kappa shape index (κ2) is 14.6. The summed E-state index contributed by atoms with van der Waals surface area (Å²) >= 11 is 0. The predicted octanol–water partition coefficient (Wildman–Crippen LogP) is 4.24. The molecule has 3 aromatic rings. The van der Waals surface area contributed by atoms with Crippen molar-refractivity contribution in [3.05, 3.63) is 106 Å². The van der Waals surface area contributed by atoms with Gasteiger partial charge in [0.25, 0.3) is 5.91 Å². The van der Waals surface area contributed by atoms with Gasteiger partial charge >= 0.3 is 0 Å². The summed E-state index contributed by atoms with van der Waals surface area (Å²) in [5.41, 5.74) is 9.18. The second-order valence-corrected chi connectivity index (χ2v) is 12.8. The SMILES string of the molecule is [N-]=[N+]=NCc1ccccc1[C@@H]1OC(c2ccc(OCCCO)cc2)=N[C@]1(CCS(=O)(=O)c1ccccc1)C(=O)N1CCOCC1. The summed E-state index contributed by atoms with van der Waals surface area (Å²) in [7, 11) is -3.80. The summed E-state index contributed by atoms with van der Waals surface area (Å²) in [6.45, 7) is 1.71. The molecule has 0 bridgehead atoms. The summed E-state index contributed by atoms with van der Waals surface area (Å²) in [5, 5.41) is 12.8. The Hall–Kier alpha value is -4.42. The third-order valence-electron chi connectivity index (χ3n) is 7.80. The van der Waals surface area contributed by atoms with E-state index in [1.807, 2.05) is 0 Å². The van der Waals surface area contributed by atoms with Crippen molar-refractivity contribution in [2.24, 2.45) is 10.1 Å². The van der Waals surface area contributed by atoms with Crippen LogP contribution in [-0.4, -0.2) is 81.0 Å². The highest BCUT2D eigenvalue weighted by molar-refractivity contribution is 7.91. The molecule has 1 amide bonds. The highest BCUT2D eigenvalue weighted by Gasteiger charge is 2.55. The minimum absolute atomic E-state index is 0.00583. The lowest BCUT2D eigenvalue weighted by atomic mass is 9.82. The van der Waals surface area contributed by atoms with E-state index in [1.165, 1.54) is 12.1 Å². The molecule has 13 heteroatoms. The number of hydrogen-bond donors (Lipinski definition) is 1. The maximum atomic E-state index is 14.6. The first-order valence-electron chi connectivity index (χ1n) is 14.7. The van der Waals surface area contributed by atoms with E-state index in [0.29, 0.717) is 61.8 Å². The molecule has 2 aliphatic rings. The smallest absolute Gasteiger partial charge is 0.255 e. The minimum Gasteiger partial charge on any atom is -0.494 e. The Bertz CT molecular complexity index is 1650. The molecular formula is C32H35N5O7S. The van der Waals surface area contributed by atoms with Gasteiger partial charge in [0, 0.05) is 43.0 Å². The molecule has 0 saturated carbocycles. The molecule has 1 saturated heterocycles. The van der Waals surface area contributed by atoms with Gasteiger partial charge in [0.1, 0.15) is 5.75 Å². The van der Waals surface area contributed by atoms with Gasteiger partial charge in [-0.2, -0.15) is 0 Å². The summed E-state index contributed by atoms with van der Waals surface area (Å²) in [6, 6.07) is 22.3. The van der Waals surface area contributed by atoms with Crippen molar-refractivity contribution in [2.45, 2.75) is 35.9 Å². The average molecular weight is 634 g/mol. The Kier molecular flexibility index (Phi) is 10.4. The molecule has 0 spiro atoms. The molecule has 1 N–H and O–H groups in total. The summed E-state index contributed by atoms with van der Waals surface area (Å²) in [4.78, 5) is 24.3. The lowest BCUT2D eigenvalue weighted by Crippen LogP contribution is -2.54. The van der Waals surface area contributed by atoms with Crippen LogP contribution in [0.15, 0.2) is 93.9 Å². The van der Waals surface area contributed by atoms with Crippen molar-refractivity contribution in [3.63, 3.8) is 0 Å². The Morgan fingerprint density at radius 1 is 1.07 bits per heavy atom. The Balaban J connectivity index is 1.61. The number of aliphatic imine (C=N–C) groups is 1. The van der Waals surface area contributed by atoms with Gasteiger partial charge in [0.2, 0.25) is 5.90 Å². The first-order chi connectivity index (χ1) is 21.9. The highest BCUT2D eigenvalue weighted by atomic mass is 32.2. The zero-order valence-corrected chi connectivity index (χ0v) is 25.5. The van der Waals surface area contributed by atoms with E-state index in [4.69, 9.17) is 29.8 Å². The number of hydrogen-bond acceptors (Lipinski definition) is 9. The number of azide groups is 1. The molecule has 2 atom stereocenters. The normalized spacial score (nSPS) is 19.7. The molecule has 0 aromatic heterocycles. The van der Waals surface area contributed by atoms with Gasteiger partial charge in [-0.25, -0.2) is 13.4 Å². The van der Waals surface area contributed by atoms with Gasteiger partial charge in [-0.15, -0.1) is 0 Å². The second-order valence-electron chi connectivity index (χ2n) is 10.7. The van der Waals surface area contributed by atoms with Gasteiger partial charge in [0.05, 0.1) is 37.0 Å². The molecule has 0 radical (unpaired) electrons. The van der Waals surface area contributed by atoms with Gasteiger partial charge in [-0.1, -0.05) is 47.6 Å². The average Bonchev–Trinajstić information content (AvgIpc) is 3.48. The number of carbonyl (C=O) groups is 1. The van der Waals surface area contributed by atoms with Crippen LogP contribution in [0.25, 0.3) is 10.4 Å². The first-order valence-corrected chi connectivity index (χ1v) is 16.4. The fourth-order valence-corrected chi connectivity index (χ4v) is 6.84. The number of nitrogens with zero attached hydrogens (tertiary/aromatic N) is 5. The molecule has 1 fully saturated rings. The summed E-state index contributed by atoms with van der Waals surface area (Å²) in [6.07, 6.45) is -0.682. The van der Waals surface area contributed by atoms with Crippen molar-refractivity contribution in [1.29, 1.82) is 0 Å². The van der Waals surface area contributed by atoms with Crippen LogP contribution >= 0.6 is 0 Å². The number of aliphatic hydroxyl groups is 1. The van der Waals surface area contributed by atoms with E-state index in [9.17, 15) is 13.2 Å². The largest absolute Gasteiger partial charge is 0.494 e. The molecule has 5 rings (SSSR count). The zero-order chi connectivity index (χ0) is 31.7. The number of aliphatic hydroxyl groups excluding tert-OH is 1. The van der Waals surface area contributed by atoms with Crippen LogP contribution in [-0.2, 0) is 30.7 Å². The number of carbonyl (C=O) groups excluding carboxylic acids is 1. The number of rotatable bonds is 13. The number of amides is 1. The Morgan fingerprint density at radius 3 is 2.49 bits per heavy atom. The fraction of sp³-hybridized carbons (Fsp3) is 0.375. The van der Waals surface area contributed by atoms with Crippen LogP contribution in [0, 0.1) is 0 Å².